The second-order valence-electron chi connectivity index (χ2n) is 4.13. The van der Waals surface area contributed by atoms with Crippen LogP contribution in [0.4, 0.5) is 13.2 Å². The Balaban J connectivity index is 2.18. The highest BCUT2D eigenvalue weighted by Crippen LogP contribution is 2.32. The molecule has 0 amide bonds. The van der Waals surface area contributed by atoms with Crippen LogP contribution in [-0.2, 0) is 11.0 Å². The Morgan fingerprint density at radius 1 is 1.12 bits per heavy atom. The van der Waals surface area contributed by atoms with Crippen molar-refractivity contribution in [3.05, 3.63) is 47.5 Å². The Bertz CT molecular complexity index is 443. The van der Waals surface area contributed by atoms with E-state index in [0.29, 0.717) is 12.8 Å². The number of alkyl halides is 3. The predicted octanol–water partition coefficient (Wildman–Crippen LogP) is 3.71. The molecular formula is C13H11F3O. The molecule has 1 aromatic carbocycles. The van der Waals surface area contributed by atoms with Gasteiger partial charge in [-0.25, -0.2) is 0 Å². The Morgan fingerprint density at radius 3 is 2.29 bits per heavy atom. The zero-order valence-electron chi connectivity index (χ0n) is 9.00. The minimum Gasteiger partial charge on any atom is -0.295 e. The Kier molecular flexibility index (Phi) is 3.05. The van der Waals surface area contributed by atoms with Crippen molar-refractivity contribution in [3.63, 3.8) is 0 Å². The quantitative estimate of drug-likeness (QED) is 0.731. The highest BCUT2D eigenvalue weighted by atomic mass is 19.4. The van der Waals surface area contributed by atoms with Gasteiger partial charge in [0.1, 0.15) is 0 Å². The van der Waals surface area contributed by atoms with Crippen molar-refractivity contribution in [3.8, 4) is 0 Å². The van der Waals surface area contributed by atoms with Crippen molar-refractivity contribution in [2.45, 2.75) is 24.9 Å². The van der Waals surface area contributed by atoms with E-state index >= 15 is 0 Å². The molecule has 0 radical (unpaired) electrons. The number of hydrogen-bond acceptors (Lipinski definition) is 1. The molecule has 0 saturated carbocycles. The molecule has 4 heteroatoms. The second-order valence-corrected chi connectivity index (χ2v) is 4.13. The monoisotopic (exact) mass is 240 g/mol. The topological polar surface area (TPSA) is 17.1 Å². The van der Waals surface area contributed by atoms with E-state index in [2.05, 4.69) is 0 Å². The average Bonchev–Trinajstić information content (AvgIpc) is 2.28. The van der Waals surface area contributed by atoms with Crippen LogP contribution in [0.1, 0.15) is 29.9 Å². The summed E-state index contributed by atoms with van der Waals surface area (Å²) in [5.74, 6) is 0.0379. The highest BCUT2D eigenvalue weighted by Gasteiger charge is 2.30. The van der Waals surface area contributed by atoms with Crippen molar-refractivity contribution in [2.75, 3.05) is 0 Å². The summed E-state index contributed by atoms with van der Waals surface area (Å²) in [6, 6.07) is 5.05. The van der Waals surface area contributed by atoms with Crippen LogP contribution in [0.3, 0.4) is 0 Å². The molecule has 1 atom stereocenters. The Labute approximate surface area is 96.9 Å². The predicted molar refractivity (Wildman–Crippen MR) is 57.6 cm³/mol. The van der Waals surface area contributed by atoms with Gasteiger partial charge in [0.15, 0.2) is 5.78 Å². The van der Waals surface area contributed by atoms with E-state index in [1.807, 2.05) is 0 Å². The van der Waals surface area contributed by atoms with E-state index in [1.165, 1.54) is 18.2 Å². The molecule has 0 saturated heterocycles. The summed E-state index contributed by atoms with van der Waals surface area (Å²) < 4.78 is 37.1. The van der Waals surface area contributed by atoms with Gasteiger partial charge in [-0.05, 0) is 36.1 Å². The number of carbonyl (C=O) groups is 1. The Hall–Kier alpha value is -1.58. The van der Waals surface area contributed by atoms with Gasteiger partial charge in [-0.1, -0.05) is 18.2 Å². The molecule has 0 heterocycles. The first-order chi connectivity index (χ1) is 7.97. The number of hydrogen-bond donors (Lipinski definition) is 0. The fourth-order valence-electron chi connectivity index (χ4n) is 1.96. The Morgan fingerprint density at radius 2 is 1.76 bits per heavy atom. The molecule has 0 N–H and O–H groups in total. The number of halogens is 3. The van der Waals surface area contributed by atoms with Crippen LogP contribution in [0.15, 0.2) is 36.4 Å². The van der Waals surface area contributed by atoms with E-state index in [4.69, 9.17) is 0 Å². The number of allylic oxidation sites excluding steroid dienone is 2. The lowest BCUT2D eigenvalue weighted by Gasteiger charge is -2.18. The van der Waals surface area contributed by atoms with Crippen LogP contribution in [-0.4, -0.2) is 5.78 Å². The summed E-state index contributed by atoms with van der Waals surface area (Å²) in [5.41, 5.74) is 0.134. The third kappa shape index (κ3) is 2.75. The van der Waals surface area contributed by atoms with Gasteiger partial charge in [-0.3, -0.25) is 4.79 Å². The van der Waals surface area contributed by atoms with Crippen LogP contribution >= 0.6 is 0 Å². The largest absolute Gasteiger partial charge is 0.416 e. The number of rotatable bonds is 1. The number of ketones is 1. The second kappa shape index (κ2) is 4.35. The summed E-state index contributed by atoms with van der Waals surface area (Å²) in [7, 11) is 0. The van der Waals surface area contributed by atoms with Gasteiger partial charge in [0.05, 0.1) is 5.56 Å². The van der Waals surface area contributed by atoms with Gasteiger partial charge in [0.25, 0.3) is 0 Å². The number of benzene rings is 1. The van der Waals surface area contributed by atoms with Crippen molar-refractivity contribution in [1.82, 2.24) is 0 Å². The van der Waals surface area contributed by atoms with Crippen molar-refractivity contribution >= 4 is 5.78 Å². The zero-order valence-corrected chi connectivity index (χ0v) is 9.00. The van der Waals surface area contributed by atoms with Crippen molar-refractivity contribution in [1.29, 1.82) is 0 Å². The minimum absolute atomic E-state index is 0.00906. The molecule has 1 aliphatic carbocycles. The van der Waals surface area contributed by atoms with E-state index in [0.717, 1.165) is 17.7 Å². The van der Waals surface area contributed by atoms with Gasteiger partial charge < -0.3 is 0 Å². The summed E-state index contributed by atoms with van der Waals surface area (Å²) in [6.45, 7) is 0. The summed E-state index contributed by atoms with van der Waals surface area (Å²) >= 11 is 0. The van der Waals surface area contributed by atoms with Gasteiger partial charge in [-0.2, -0.15) is 13.2 Å². The minimum atomic E-state index is -4.30. The molecule has 1 nitrogen and oxygen atoms in total. The molecule has 17 heavy (non-hydrogen) atoms. The van der Waals surface area contributed by atoms with Crippen molar-refractivity contribution in [2.24, 2.45) is 0 Å². The third-order valence-electron chi connectivity index (χ3n) is 2.88. The van der Waals surface area contributed by atoms with Crippen LogP contribution in [0.25, 0.3) is 0 Å². The van der Waals surface area contributed by atoms with Crippen LogP contribution in [0, 0.1) is 0 Å². The maximum atomic E-state index is 12.4. The molecule has 0 spiro atoms. The fourth-order valence-corrected chi connectivity index (χ4v) is 1.96. The third-order valence-corrected chi connectivity index (χ3v) is 2.88. The molecule has 90 valence electrons. The lowest BCUT2D eigenvalue weighted by atomic mass is 9.87. The first-order valence-corrected chi connectivity index (χ1v) is 5.33. The van der Waals surface area contributed by atoms with E-state index in [1.54, 1.807) is 6.08 Å². The standard InChI is InChI=1S/C13H11F3O/c14-13(15,16)11-6-4-9(5-7-11)10-2-1-3-12(17)8-10/h1,3-7,10H,2,8H2/t10-/m0/s1. The van der Waals surface area contributed by atoms with E-state index in [-0.39, 0.29) is 11.7 Å². The SMILES string of the molecule is O=C1C=CC[C@H](c2ccc(C(F)(F)F)cc2)C1. The van der Waals surface area contributed by atoms with Crippen molar-refractivity contribution < 1.29 is 18.0 Å². The van der Waals surface area contributed by atoms with Crippen LogP contribution < -0.4 is 0 Å². The first-order valence-electron chi connectivity index (χ1n) is 5.33. The lowest BCUT2D eigenvalue weighted by molar-refractivity contribution is -0.137. The van der Waals surface area contributed by atoms with E-state index < -0.39 is 11.7 Å². The molecule has 1 aliphatic rings. The summed E-state index contributed by atoms with van der Waals surface area (Å²) in [5, 5.41) is 0. The fraction of sp³-hybridized carbons (Fsp3) is 0.308. The van der Waals surface area contributed by atoms with Gasteiger partial charge in [0.2, 0.25) is 0 Å². The van der Waals surface area contributed by atoms with Gasteiger partial charge in [0, 0.05) is 6.42 Å². The average molecular weight is 240 g/mol. The zero-order chi connectivity index (χ0) is 12.5. The number of carbonyl (C=O) groups excluding carboxylic acids is 1. The molecule has 2 rings (SSSR count). The highest BCUT2D eigenvalue weighted by molar-refractivity contribution is 5.91. The van der Waals surface area contributed by atoms with Gasteiger partial charge in [-0.15, -0.1) is 0 Å². The molecular weight excluding hydrogens is 229 g/mol. The lowest BCUT2D eigenvalue weighted by Crippen LogP contribution is -2.10. The normalized spacial score (nSPS) is 20.6. The van der Waals surface area contributed by atoms with Crippen LogP contribution in [0.2, 0.25) is 0 Å². The molecule has 1 aromatic rings. The van der Waals surface area contributed by atoms with Gasteiger partial charge >= 0.3 is 6.18 Å². The smallest absolute Gasteiger partial charge is 0.295 e. The molecule has 0 aromatic heterocycles. The molecule has 0 unspecified atom stereocenters. The molecule has 0 bridgehead atoms. The first kappa shape index (κ1) is 11.9. The molecule has 0 aliphatic heterocycles. The van der Waals surface area contributed by atoms with E-state index in [9.17, 15) is 18.0 Å². The maximum Gasteiger partial charge on any atom is 0.416 e. The summed E-state index contributed by atoms with van der Waals surface area (Å²) in [6.07, 6.45) is 0.0779. The molecule has 0 fully saturated rings. The summed E-state index contributed by atoms with van der Waals surface area (Å²) in [4.78, 5) is 11.2. The maximum absolute atomic E-state index is 12.4. The van der Waals surface area contributed by atoms with Crippen LogP contribution in [0.5, 0.6) is 0 Å².